The highest BCUT2D eigenvalue weighted by Gasteiger charge is 2.51. The van der Waals surface area contributed by atoms with Crippen LogP contribution in [0.4, 0.5) is 4.39 Å². The van der Waals surface area contributed by atoms with Gasteiger partial charge in [-0.3, -0.25) is 14.5 Å². The smallest absolute Gasteiger partial charge is 0.230 e. The van der Waals surface area contributed by atoms with Crippen LogP contribution < -0.4 is 4.74 Å². The van der Waals surface area contributed by atoms with Crippen LogP contribution in [0.3, 0.4) is 0 Å². The van der Waals surface area contributed by atoms with Gasteiger partial charge in [0.15, 0.2) is 0 Å². The van der Waals surface area contributed by atoms with Crippen LogP contribution in [0, 0.1) is 5.82 Å². The maximum atomic E-state index is 13.9. The predicted octanol–water partition coefficient (Wildman–Crippen LogP) is 2.35. The molecular weight excluding hydrogens is 401 g/mol. The molecule has 3 heterocycles. The Morgan fingerprint density at radius 3 is 2.74 bits per heavy atom. The number of carbonyl (C=O) groups is 2. The number of aliphatic hydroxyl groups excluding tert-OH is 1. The predicted molar refractivity (Wildman–Crippen MR) is 112 cm³/mol. The van der Waals surface area contributed by atoms with E-state index in [0.717, 1.165) is 22.2 Å². The van der Waals surface area contributed by atoms with Crippen LogP contribution in [-0.2, 0) is 9.59 Å². The highest BCUT2D eigenvalue weighted by Crippen LogP contribution is 2.37. The summed E-state index contributed by atoms with van der Waals surface area (Å²) in [4.78, 5) is 32.6. The van der Waals surface area contributed by atoms with Crippen LogP contribution in [0.15, 0.2) is 42.6 Å². The number of halogens is 1. The number of carbonyl (C=O) groups excluding carboxylic acids is 2. The number of methoxy groups -OCH3 is 1. The highest BCUT2D eigenvalue weighted by atomic mass is 19.1. The minimum absolute atomic E-state index is 0.349. The van der Waals surface area contributed by atoms with Crippen molar-refractivity contribution in [2.75, 3.05) is 20.2 Å². The van der Waals surface area contributed by atoms with Crippen molar-refractivity contribution in [1.29, 1.82) is 0 Å². The third-order valence-corrected chi connectivity index (χ3v) is 6.04. The Balaban J connectivity index is 1.47. The largest absolute Gasteiger partial charge is 0.496 e. The number of benzene rings is 1. The Hall–Kier alpha value is -3.36. The van der Waals surface area contributed by atoms with Crippen molar-refractivity contribution in [3.05, 3.63) is 54.1 Å². The molecule has 158 valence electrons. The summed E-state index contributed by atoms with van der Waals surface area (Å²) >= 11 is 0. The molecule has 5 rings (SSSR count). The van der Waals surface area contributed by atoms with Crippen molar-refractivity contribution in [2.45, 2.75) is 18.6 Å². The molecule has 2 unspecified atom stereocenters. The fourth-order valence-electron chi connectivity index (χ4n) is 4.36. The summed E-state index contributed by atoms with van der Waals surface area (Å²) in [5.74, 6) is -1.00. The number of hydrogen-bond acceptors (Lipinski definition) is 6. The van der Waals surface area contributed by atoms with Crippen LogP contribution >= 0.6 is 0 Å². The van der Waals surface area contributed by atoms with E-state index in [1.54, 1.807) is 19.4 Å². The normalized spacial score (nSPS) is 21.8. The van der Waals surface area contributed by atoms with Gasteiger partial charge in [-0.25, -0.2) is 9.37 Å². The quantitative estimate of drug-likeness (QED) is 0.628. The molecule has 2 atom stereocenters. The summed E-state index contributed by atoms with van der Waals surface area (Å²) in [5, 5.41) is 10.6. The van der Waals surface area contributed by atoms with Crippen molar-refractivity contribution < 1.29 is 23.8 Å². The third kappa shape index (κ3) is 3.15. The molecule has 1 aliphatic heterocycles. The lowest BCUT2D eigenvalue weighted by molar-refractivity contribution is -0.160. The first kappa shape index (κ1) is 19.6. The van der Waals surface area contributed by atoms with E-state index in [0.29, 0.717) is 36.5 Å². The Morgan fingerprint density at radius 1 is 1.19 bits per heavy atom. The monoisotopic (exact) mass is 421 g/mol. The number of H-pyrrole nitrogens is 1. The number of fused-ring (bicyclic) bond motifs is 1. The maximum Gasteiger partial charge on any atom is 0.230 e. The summed E-state index contributed by atoms with van der Waals surface area (Å²) in [7, 11) is 1.55. The van der Waals surface area contributed by atoms with Crippen molar-refractivity contribution in [2.24, 2.45) is 0 Å². The minimum atomic E-state index is -1.22. The summed E-state index contributed by atoms with van der Waals surface area (Å²) in [6, 6.07) is 7.48. The van der Waals surface area contributed by atoms with Gasteiger partial charge in [0, 0.05) is 35.9 Å². The van der Waals surface area contributed by atoms with E-state index in [1.165, 1.54) is 12.1 Å². The number of ketones is 2. The van der Waals surface area contributed by atoms with E-state index < -0.39 is 23.7 Å². The second-order valence-corrected chi connectivity index (χ2v) is 7.74. The van der Waals surface area contributed by atoms with E-state index in [9.17, 15) is 19.1 Å². The number of aliphatic hydroxyl groups is 1. The number of pyridine rings is 1. The first-order valence-electron chi connectivity index (χ1n) is 9.99. The SMILES string of the molecule is COc1ccc(F)cc1-c1ccnc2[nH]c(C3=CCN(C4C(=O)C(=O)C4O)CC3)cc12. The van der Waals surface area contributed by atoms with Gasteiger partial charge < -0.3 is 14.8 Å². The van der Waals surface area contributed by atoms with E-state index in [2.05, 4.69) is 9.97 Å². The molecule has 1 saturated carbocycles. The Morgan fingerprint density at radius 2 is 2.03 bits per heavy atom. The van der Waals surface area contributed by atoms with Gasteiger partial charge in [0.25, 0.3) is 0 Å². The molecule has 3 aromatic rings. The van der Waals surface area contributed by atoms with E-state index in [-0.39, 0.29) is 5.82 Å². The summed E-state index contributed by atoms with van der Waals surface area (Å²) in [5.41, 5.74) is 4.08. The van der Waals surface area contributed by atoms with Crippen LogP contribution in [0.25, 0.3) is 27.7 Å². The highest BCUT2D eigenvalue weighted by molar-refractivity contribution is 6.48. The first-order chi connectivity index (χ1) is 15.0. The van der Waals surface area contributed by atoms with Gasteiger partial charge in [-0.05, 0) is 47.9 Å². The van der Waals surface area contributed by atoms with Crippen LogP contribution in [0.2, 0.25) is 0 Å². The van der Waals surface area contributed by atoms with E-state index in [4.69, 9.17) is 4.74 Å². The van der Waals surface area contributed by atoms with Crippen molar-refractivity contribution in [1.82, 2.24) is 14.9 Å². The molecule has 2 N–H and O–H groups in total. The molecule has 2 aliphatic rings. The summed E-state index contributed by atoms with van der Waals surface area (Å²) in [6.45, 7) is 1.02. The Bertz CT molecular complexity index is 1250. The van der Waals surface area contributed by atoms with Crippen LogP contribution in [-0.4, -0.2) is 63.9 Å². The fraction of sp³-hybridized carbons (Fsp3) is 0.261. The van der Waals surface area contributed by atoms with Gasteiger partial charge in [-0.15, -0.1) is 0 Å². The lowest BCUT2D eigenvalue weighted by Crippen LogP contribution is -2.65. The standard InChI is InChI=1S/C23H20FN3O4/c1-31-18-3-2-13(24)10-15(18)14-4-7-25-23-16(14)11-17(26-23)12-5-8-27(9-6-12)19-20(28)22(30)21(19)29/h2-5,7,10-11,19-20,28H,6,8-9H2,1H3,(H,25,26). The molecule has 31 heavy (non-hydrogen) atoms. The molecule has 7 nitrogen and oxygen atoms in total. The lowest BCUT2D eigenvalue weighted by atomic mass is 9.83. The number of rotatable bonds is 4. The average Bonchev–Trinajstić information content (AvgIpc) is 3.24. The van der Waals surface area contributed by atoms with Crippen LogP contribution in [0.1, 0.15) is 12.1 Å². The van der Waals surface area contributed by atoms with Crippen molar-refractivity contribution in [3.8, 4) is 16.9 Å². The minimum Gasteiger partial charge on any atom is -0.496 e. The van der Waals surface area contributed by atoms with Gasteiger partial charge in [0.1, 0.15) is 29.4 Å². The zero-order valence-corrected chi connectivity index (χ0v) is 16.8. The fourth-order valence-corrected chi connectivity index (χ4v) is 4.36. The molecule has 2 aromatic heterocycles. The molecule has 0 saturated heterocycles. The first-order valence-corrected chi connectivity index (χ1v) is 9.99. The van der Waals surface area contributed by atoms with Crippen molar-refractivity contribution in [3.63, 3.8) is 0 Å². The maximum absolute atomic E-state index is 13.9. The third-order valence-electron chi connectivity index (χ3n) is 6.04. The molecule has 1 aliphatic carbocycles. The van der Waals surface area contributed by atoms with Gasteiger partial charge in [0.2, 0.25) is 11.6 Å². The molecular formula is C23H20FN3O4. The molecule has 1 fully saturated rings. The zero-order valence-electron chi connectivity index (χ0n) is 16.8. The number of aromatic amines is 1. The van der Waals surface area contributed by atoms with Gasteiger partial charge >= 0.3 is 0 Å². The topological polar surface area (TPSA) is 95.5 Å². The van der Waals surface area contributed by atoms with E-state index in [1.807, 2.05) is 23.1 Å². The molecule has 1 aromatic carbocycles. The van der Waals surface area contributed by atoms with Gasteiger partial charge in [0.05, 0.1) is 7.11 Å². The summed E-state index contributed by atoms with van der Waals surface area (Å²) < 4.78 is 19.3. The Labute approximate surface area is 177 Å². The van der Waals surface area contributed by atoms with E-state index >= 15 is 0 Å². The number of hydrogen-bond donors (Lipinski definition) is 2. The molecule has 0 bridgehead atoms. The molecule has 0 amide bonds. The molecule has 0 spiro atoms. The number of nitrogens with zero attached hydrogens (tertiary/aromatic N) is 2. The molecule has 8 heteroatoms. The number of aromatic nitrogens is 2. The second-order valence-electron chi connectivity index (χ2n) is 7.74. The number of Topliss-reactive ketones (excluding diaryl/α,β-unsaturated/α-hetero) is 2. The van der Waals surface area contributed by atoms with Gasteiger partial charge in [-0.1, -0.05) is 6.08 Å². The zero-order chi connectivity index (χ0) is 21.7. The molecule has 0 radical (unpaired) electrons. The average molecular weight is 421 g/mol. The van der Waals surface area contributed by atoms with Gasteiger partial charge in [-0.2, -0.15) is 0 Å². The van der Waals surface area contributed by atoms with Crippen LogP contribution in [0.5, 0.6) is 5.75 Å². The lowest BCUT2D eigenvalue weighted by Gasteiger charge is -2.39. The second kappa shape index (κ2) is 7.40. The van der Waals surface area contributed by atoms with Crippen molar-refractivity contribution >= 4 is 28.2 Å². The number of ether oxygens (including phenoxy) is 1. The number of nitrogens with one attached hydrogen (secondary N) is 1. The Kier molecular flexibility index (Phi) is 4.68. The summed E-state index contributed by atoms with van der Waals surface area (Å²) in [6.07, 6.45) is 3.08.